The average Bonchev–Trinajstić information content (AvgIpc) is 2.74. The molecule has 1 heterocycles. The topological polar surface area (TPSA) is 43.9 Å². The van der Waals surface area contributed by atoms with E-state index in [-0.39, 0.29) is 18.4 Å². The molecule has 5 heteroatoms. The van der Waals surface area contributed by atoms with Crippen molar-refractivity contribution in [2.45, 2.75) is 33.6 Å². The Kier molecular flexibility index (Phi) is 6.91. The molecule has 0 saturated carbocycles. The Morgan fingerprint density at radius 2 is 1.52 bits per heavy atom. The molecule has 0 spiro atoms. The lowest BCUT2D eigenvalue weighted by Gasteiger charge is -2.32. The first kappa shape index (κ1) is 20.9. The van der Waals surface area contributed by atoms with Crippen LogP contribution in [0.5, 0.6) is 0 Å². The molecule has 5 nitrogen and oxygen atoms in total. The van der Waals surface area contributed by atoms with Crippen LogP contribution in [-0.2, 0) is 9.59 Å². The first-order valence-electron chi connectivity index (χ1n) is 10.5. The maximum absolute atomic E-state index is 12.9. The quantitative estimate of drug-likeness (QED) is 0.734. The van der Waals surface area contributed by atoms with Crippen molar-refractivity contribution in [3.8, 4) is 0 Å². The van der Waals surface area contributed by atoms with Crippen LogP contribution >= 0.6 is 0 Å². The Morgan fingerprint density at radius 1 is 0.931 bits per heavy atom. The number of benzene rings is 2. The summed E-state index contributed by atoms with van der Waals surface area (Å²) < 4.78 is 0. The largest absolute Gasteiger partial charge is 0.372 e. The molecule has 0 bridgehead atoms. The number of piperidine rings is 1. The third-order valence-corrected chi connectivity index (χ3v) is 5.67. The molecule has 0 radical (unpaired) electrons. The van der Waals surface area contributed by atoms with Crippen molar-refractivity contribution in [3.05, 3.63) is 54.6 Å². The van der Waals surface area contributed by atoms with E-state index in [0.717, 1.165) is 30.4 Å². The van der Waals surface area contributed by atoms with Gasteiger partial charge in [-0.1, -0.05) is 25.1 Å². The van der Waals surface area contributed by atoms with Crippen LogP contribution in [-0.4, -0.2) is 38.0 Å². The van der Waals surface area contributed by atoms with Crippen molar-refractivity contribution in [2.24, 2.45) is 5.92 Å². The zero-order valence-electron chi connectivity index (χ0n) is 17.7. The zero-order valence-corrected chi connectivity index (χ0v) is 17.7. The van der Waals surface area contributed by atoms with Crippen molar-refractivity contribution in [3.63, 3.8) is 0 Å². The van der Waals surface area contributed by atoms with Crippen LogP contribution in [0.3, 0.4) is 0 Å². The summed E-state index contributed by atoms with van der Waals surface area (Å²) in [6.45, 7) is 8.47. The molecule has 2 aromatic carbocycles. The summed E-state index contributed by atoms with van der Waals surface area (Å²) in [5.74, 6) is 0.556. The first-order chi connectivity index (χ1) is 14.0. The minimum Gasteiger partial charge on any atom is -0.372 e. The van der Waals surface area contributed by atoms with Gasteiger partial charge in [0.15, 0.2) is 0 Å². The fourth-order valence-electron chi connectivity index (χ4n) is 3.83. The summed E-state index contributed by atoms with van der Waals surface area (Å²) in [7, 11) is 0. The molecule has 154 valence electrons. The molecule has 1 aliphatic rings. The minimum absolute atomic E-state index is 0.0264. The fraction of sp³-hybridized carbons (Fsp3) is 0.417. The van der Waals surface area contributed by atoms with Gasteiger partial charge >= 0.3 is 0 Å². The molecule has 0 atom stereocenters. The number of amides is 2. The second-order valence-electron chi connectivity index (χ2n) is 7.76. The Balaban J connectivity index is 1.72. The predicted octanol–water partition coefficient (Wildman–Crippen LogP) is 4.33. The molecule has 0 N–H and O–H groups in total. The lowest BCUT2D eigenvalue weighted by atomic mass is 9.99. The summed E-state index contributed by atoms with van der Waals surface area (Å²) in [6, 6.07) is 17.6. The number of nitrogens with zero attached hydrogens (tertiary/aromatic N) is 3. The van der Waals surface area contributed by atoms with Gasteiger partial charge in [-0.15, -0.1) is 0 Å². The van der Waals surface area contributed by atoms with Gasteiger partial charge in [0.2, 0.25) is 11.8 Å². The maximum Gasteiger partial charge on any atom is 0.247 e. The number of hydrogen-bond donors (Lipinski definition) is 0. The maximum atomic E-state index is 12.9. The van der Waals surface area contributed by atoms with Crippen molar-refractivity contribution in [1.29, 1.82) is 0 Å². The normalized spacial score (nSPS) is 14.5. The number of hydrogen-bond acceptors (Lipinski definition) is 3. The number of carbonyl (C=O) groups is 2. The summed E-state index contributed by atoms with van der Waals surface area (Å²) in [5.41, 5.74) is 2.78. The van der Waals surface area contributed by atoms with Gasteiger partial charge in [-0.2, -0.15) is 0 Å². The number of likely N-dealkylation sites (N-methyl/N-ethyl adjacent to an activating group) is 1. The summed E-state index contributed by atoms with van der Waals surface area (Å²) in [4.78, 5) is 30.9. The van der Waals surface area contributed by atoms with Gasteiger partial charge in [-0.3, -0.25) is 9.59 Å². The van der Waals surface area contributed by atoms with Crippen molar-refractivity contribution < 1.29 is 9.59 Å². The molecule has 0 aliphatic carbocycles. The first-order valence-corrected chi connectivity index (χ1v) is 10.5. The SMILES string of the molecule is CCN(C(=O)CN(C(C)=O)c1ccc(N2CCC(C)CC2)cc1)c1ccccc1. The summed E-state index contributed by atoms with van der Waals surface area (Å²) >= 11 is 0. The highest BCUT2D eigenvalue weighted by molar-refractivity contribution is 6.03. The van der Waals surface area contributed by atoms with Crippen LogP contribution in [0.2, 0.25) is 0 Å². The molecular formula is C24H31N3O2. The van der Waals surface area contributed by atoms with Gasteiger partial charge in [-0.25, -0.2) is 0 Å². The molecule has 1 fully saturated rings. The van der Waals surface area contributed by atoms with Crippen LogP contribution in [0.25, 0.3) is 0 Å². The van der Waals surface area contributed by atoms with E-state index >= 15 is 0 Å². The number of para-hydroxylation sites is 1. The highest BCUT2D eigenvalue weighted by atomic mass is 16.2. The third-order valence-electron chi connectivity index (χ3n) is 5.67. The van der Waals surface area contributed by atoms with Gasteiger partial charge in [0, 0.05) is 43.6 Å². The lowest BCUT2D eigenvalue weighted by molar-refractivity contribution is -0.121. The lowest BCUT2D eigenvalue weighted by Crippen LogP contribution is -2.42. The molecule has 1 saturated heterocycles. The predicted molar refractivity (Wildman–Crippen MR) is 120 cm³/mol. The Morgan fingerprint density at radius 3 is 2.07 bits per heavy atom. The minimum atomic E-state index is -0.137. The molecule has 0 aromatic heterocycles. The molecular weight excluding hydrogens is 362 g/mol. The highest BCUT2D eigenvalue weighted by Gasteiger charge is 2.21. The van der Waals surface area contributed by atoms with E-state index in [9.17, 15) is 9.59 Å². The smallest absolute Gasteiger partial charge is 0.247 e. The highest BCUT2D eigenvalue weighted by Crippen LogP contribution is 2.26. The van der Waals surface area contributed by atoms with Crippen LogP contribution in [0.4, 0.5) is 17.1 Å². The van der Waals surface area contributed by atoms with Gasteiger partial charge in [-0.05, 0) is 62.1 Å². The second-order valence-corrected chi connectivity index (χ2v) is 7.76. The van der Waals surface area contributed by atoms with Gasteiger partial charge in [0.05, 0.1) is 0 Å². The average molecular weight is 394 g/mol. The summed E-state index contributed by atoms with van der Waals surface area (Å²) in [5, 5.41) is 0. The van der Waals surface area contributed by atoms with E-state index in [1.807, 2.05) is 49.4 Å². The van der Waals surface area contributed by atoms with Crippen molar-refractivity contribution in [1.82, 2.24) is 0 Å². The molecule has 1 aliphatic heterocycles. The van der Waals surface area contributed by atoms with Crippen molar-refractivity contribution in [2.75, 3.05) is 40.9 Å². The molecule has 2 aromatic rings. The Hall–Kier alpha value is -2.82. The van der Waals surface area contributed by atoms with E-state index in [4.69, 9.17) is 0 Å². The van der Waals surface area contributed by atoms with Gasteiger partial charge < -0.3 is 14.7 Å². The van der Waals surface area contributed by atoms with Gasteiger partial charge in [0.25, 0.3) is 0 Å². The van der Waals surface area contributed by atoms with Crippen LogP contribution < -0.4 is 14.7 Å². The van der Waals surface area contributed by atoms with Gasteiger partial charge in [0.1, 0.15) is 6.54 Å². The van der Waals surface area contributed by atoms with Crippen LogP contribution in [0.15, 0.2) is 54.6 Å². The molecule has 29 heavy (non-hydrogen) atoms. The third kappa shape index (κ3) is 5.17. The van der Waals surface area contributed by atoms with Crippen LogP contribution in [0, 0.1) is 5.92 Å². The molecule has 0 unspecified atom stereocenters. The van der Waals surface area contributed by atoms with E-state index in [1.54, 1.807) is 9.80 Å². The molecule has 2 amide bonds. The van der Waals surface area contributed by atoms with Crippen LogP contribution in [0.1, 0.15) is 33.6 Å². The van der Waals surface area contributed by atoms with E-state index in [0.29, 0.717) is 6.54 Å². The number of carbonyl (C=O) groups excluding carboxylic acids is 2. The second kappa shape index (κ2) is 9.59. The zero-order chi connectivity index (χ0) is 20.8. The van der Waals surface area contributed by atoms with E-state index in [1.165, 1.54) is 25.5 Å². The Bertz CT molecular complexity index is 812. The summed E-state index contributed by atoms with van der Waals surface area (Å²) in [6.07, 6.45) is 2.42. The number of anilines is 3. The fourth-order valence-corrected chi connectivity index (χ4v) is 3.83. The van der Waals surface area contributed by atoms with E-state index < -0.39 is 0 Å². The monoisotopic (exact) mass is 393 g/mol. The van der Waals surface area contributed by atoms with Crippen molar-refractivity contribution >= 4 is 28.9 Å². The Labute approximate surface area is 173 Å². The van der Waals surface area contributed by atoms with E-state index in [2.05, 4.69) is 24.0 Å². The standard InChI is InChI=1S/C24H31N3O2/c1-4-26(22-8-6-5-7-9-22)24(29)18-27(20(3)28)23-12-10-21(11-13-23)25-16-14-19(2)15-17-25/h5-13,19H,4,14-18H2,1-3H3. The number of rotatable bonds is 6. The molecule has 3 rings (SSSR count).